The van der Waals surface area contributed by atoms with Crippen LogP contribution in [-0.2, 0) is 0 Å². The van der Waals surface area contributed by atoms with Crippen molar-refractivity contribution in [2.24, 2.45) is 0 Å². The van der Waals surface area contributed by atoms with Crippen molar-refractivity contribution < 1.29 is 14.2 Å². The molecule has 1 aliphatic heterocycles. The minimum Gasteiger partial charge on any atom is -0.497 e. The van der Waals surface area contributed by atoms with E-state index in [-0.39, 0.29) is 0 Å². The van der Waals surface area contributed by atoms with Gasteiger partial charge < -0.3 is 14.2 Å². The molecule has 3 rings (SSSR count). The van der Waals surface area contributed by atoms with Gasteiger partial charge in [0.15, 0.2) is 0 Å². The van der Waals surface area contributed by atoms with E-state index >= 15 is 0 Å². The molecule has 0 saturated heterocycles. The van der Waals surface area contributed by atoms with Gasteiger partial charge >= 0.3 is 0 Å². The van der Waals surface area contributed by atoms with Crippen molar-refractivity contribution in [2.75, 3.05) is 20.8 Å². The Balaban J connectivity index is 2.03. The number of methoxy groups -OCH3 is 2. The first-order chi connectivity index (χ1) is 10.2. The van der Waals surface area contributed by atoms with Crippen molar-refractivity contribution in [2.45, 2.75) is 0 Å². The predicted octanol–water partition coefficient (Wildman–Crippen LogP) is 3.69. The number of hydrogen-bond acceptors (Lipinski definition) is 4. The van der Waals surface area contributed by atoms with Crippen molar-refractivity contribution in [3.05, 3.63) is 46.7 Å². The zero-order valence-corrected chi connectivity index (χ0v) is 12.5. The van der Waals surface area contributed by atoms with Gasteiger partial charge in [-0.05, 0) is 29.3 Å². The normalized spacial score (nSPS) is 13.0. The van der Waals surface area contributed by atoms with E-state index in [4.69, 9.17) is 25.8 Å². The summed E-state index contributed by atoms with van der Waals surface area (Å²) >= 11 is 5.86. The van der Waals surface area contributed by atoms with E-state index in [2.05, 4.69) is 4.98 Å². The van der Waals surface area contributed by atoms with Crippen molar-refractivity contribution in [3.63, 3.8) is 0 Å². The van der Waals surface area contributed by atoms with Gasteiger partial charge in [0.1, 0.15) is 29.0 Å². The molecule has 1 aromatic carbocycles. The number of benzene rings is 1. The summed E-state index contributed by atoms with van der Waals surface area (Å²) in [4.78, 5) is 4.08. The zero-order valence-electron chi connectivity index (χ0n) is 11.7. The van der Waals surface area contributed by atoms with Gasteiger partial charge in [0.2, 0.25) is 0 Å². The molecule has 5 heteroatoms. The number of nitrogens with zero attached hydrogens (tertiary/aromatic N) is 1. The first-order valence-corrected chi connectivity index (χ1v) is 6.80. The van der Waals surface area contributed by atoms with E-state index in [1.165, 1.54) is 0 Å². The molecular weight excluding hydrogens is 290 g/mol. The number of pyridine rings is 1. The predicted molar refractivity (Wildman–Crippen MR) is 82.2 cm³/mol. The highest BCUT2D eigenvalue weighted by molar-refractivity contribution is 6.29. The minimum atomic E-state index is 0.425. The quantitative estimate of drug-likeness (QED) is 0.811. The van der Waals surface area contributed by atoms with Crippen LogP contribution in [-0.4, -0.2) is 25.8 Å². The third-order valence-corrected chi connectivity index (χ3v) is 3.50. The molecule has 0 bridgehead atoms. The van der Waals surface area contributed by atoms with Crippen LogP contribution < -0.4 is 14.2 Å². The lowest BCUT2D eigenvalue weighted by Crippen LogP contribution is -2.07. The van der Waals surface area contributed by atoms with Gasteiger partial charge in [-0.3, -0.25) is 0 Å². The Hall–Kier alpha value is -2.20. The molecule has 2 aromatic rings. The molecule has 0 fully saturated rings. The van der Waals surface area contributed by atoms with Gasteiger partial charge in [0, 0.05) is 23.9 Å². The summed E-state index contributed by atoms with van der Waals surface area (Å²) in [6.07, 6.45) is 3.74. The number of aromatic nitrogens is 1. The monoisotopic (exact) mass is 303 g/mol. The molecule has 0 spiro atoms. The molecule has 21 heavy (non-hydrogen) atoms. The molecule has 0 amide bonds. The average Bonchev–Trinajstić information content (AvgIpc) is 2.53. The Kier molecular flexibility index (Phi) is 3.71. The molecule has 0 saturated carbocycles. The highest BCUT2D eigenvalue weighted by Gasteiger charge is 2.15. The zero-order chi connectivity index (χ0) is 14.8. The smallest absolute Gasteiger partial charge is 0.132 e. The van der Waals surface area contributed by atoms with Crippen LogP contribution >= 0.6 is 11.6 Å². The molecule has 0 aliphatic carbocycles. The first-order valence-electron chi connectivity index (χ1n) is 6.42. The number of hydrogen-bond donors (Lipinski definition) is 0. The largest absolute Gasteiger partial charge is 0.497 e. The fraction of sp³-hybridized carbons (Fsp3) is 0.188. The summed E-state index contributed by atoms with van der Waals surface area (Å²) in [6.45, 7) is 0.462. The summed E-state index contributed by atoms with van der Waals surface area (Å²) in [5.74, 6) is 2.23. The molecule has 4 nitrogen and oxygen atoms in total. The van der Waals surface area contributed by atoms with Crippen LogP contribution in [0.25, 0.3) is 11.6 Å². The Morgan fingerprint density at radius 2 is 1.81 bits per heavy atom. The fourth-order valence-electron chi connectivity index (χ4n) is 2.20. The van der Waals surface area contributed by atoms with Crippen LogP contribution in [0.3, 0.4) is 0 Å². The summed E-state index contributed by atoms with van der Waals surface area (Å²) in [6, 6.07) is 7.46. The highest BCUT2D eigenvalue weighted by atomic mass is 35.5. The highest BCUT2D eigenvalue weighted by Crippen LogP contribution is 2.34. The van der Waals surface area contributed by atoms with Crippen LogP contribution in [0.1, 0.15) is 11.1 Å². The summed E-state index contributed by atoms with van der Waals surface area (Å²) in [5, 5.41) is 0.425. The maximum atomic E-state index is 5.86. The fourth-order valence-corrected chi connectivity index (χ4v) is 2.35. The minimum absolute atomic E-state index is 0.425. The standard InChI is InChI=1S/C16H14ClNO3/c1-19-13-4-10(5-14(6-13)20-2)12-3-11-8-18-16(17)7-15(11)21-9-12/h3-8H,9H2,1-2H3. The molecule has 108 valence electrons. The van der Waals surface area contributed by atoms with Gasteiger partial charge in [-0.1, -0.05) is 11.6 Å². The molecular formula is C16H14ClNO3. The number of halogens is 1. The lowest BCUT2D eigenvalue weighted by molar-refractivity contribution is 0.364. The van der Waals surface area contributed by atoms with E-state index in [0.29, 0.717) is 11.8 Å². The lowest BCUT2D eigenvalue weighted by Gasteiger charge is -2.19. The summed E-state index contributed by atoms with van der Waals surface area (Å²) in [5.41, 5.74) is 2.93. The van der Waals surface area contributed by atoms with E-state index in [1.54, 1.807) is 26.5 Å². The number of rotatable bonds is 3. The Morgan fingerprint density at radius 3 is 2.48 bits per heavy atom. The second-order valence-electron chi connectivity index (χ2n) is 4.60. The third-order valence-electron chi connectivity index (χ3n) is 3.30. The van der Waals surface area contributed by atoms with Crippen LogP contribution in [0.4, 0.5) is 0 Å². The molecule has 2 heterocycles. The van der Waals surface area contributed by atoms with Gasteiger partial charge in [0.05, 0.1) is 14.2 Å². The van der Waals surface area contributed by atoms with Gasteiger partial charge in [-0.2, -0.15) is 0 Å². The molecule has 0 unspecified atom stereocenters. The van der Waals surface area contributed by atoms with Crippen molar-refractivity contribution in [1.82, 2.24) is 4.98 Å². The SMILES string of the molecule is COc1cc(OC)cc(C2=Cc3cnc(Cl)cc3OC2)c1. The van der Waals surface area contributed by atoms with Gasteiger partial charge in [0.25, 0.3) is 0 Å². The maximum Gasteiger partial charge on any atom is 0.132 e. The number of ether oxygens (including phenoxy) is 3. The summed E-state index contributed by atoms with van der Waals surface area (Å²) in [7, 11) is 3.26. The second kappa shape index (κ2) is 5.66. The number of fused-ring (bicyclic) bond motifs is 1. The molecule has 1 aliphatic rings. The van der Waals surface area contributed by atoms with Gasteiger partial charge in [-0.15, -0.1) is 0 Å². The van der Waals surface area contributed by atoms with Crippen molar-refractivity contribution >= 4 is 23.3 Å². The summed E-state index contributed by atoms with van der Waals surface area (Å²) < 4.78 is 16.3. The third kappa shape index (κ3) is 2.81. The van der Waals surface area contributed by atoms with E-state index < -0.39 is 0 Å². The van der Waals surface area contributed by atoms with Crippen molar-refractivity contribution in [3.8, 4) is 17.2 Å². The van der Waals surface area contributed by atoms with Crippen LogP contribution in [0.2, 0.25) is 5.15 Å². The van der Waals surface area contributed by atoms with Gasteiger partial charge in [-0.25, -0.2) is 4.98 Å². The Labute approximate surface area is 127 Å². The van der Waals surface area contributed by atoms with Crippen LogP contribution in [0, 0.1) is 0 Å². The Morgan fingerprint density at radius 1 is 1.10 bits per heavy atom. The molecule has 0 atom stereocenters. The average molecular weight is 304 g/mol. The first kappa shape index (κ1) is 13.8. The maximum absolute atomic E-state index is 5.86. The second-order valence-corrected chi connectivity index (χ2v) is 4.99. The van der Waals surface area contributed by atoms with E-state index in [0.717, 1.165) is 33.9 Å². The van der Waals surface area contributed by atoms with Crippen LogP contribution in [0.15, 0.2) is 30.5 Å². The molecule has 1 aromatic heterocycles. The lowest BCUT2D eigenvalue weighted by atomic mass is 10.0. The topological polar surface area (TPSA) is 40.6 Å². The van der Waals surface area contributed by atoms with Crippen LogP contribution in [0.5, 0.6) is 17.2 Å². The van der Waals surface area contributed by atoms with Crippen molar-refractivity contribution in [1.29, 1.82) is 0 Å². The Bertz CT molecular complexity index is 690. The van der Waals surface area contributed by atoms with E-state index in [1.807, 2.05) is 24.3 Å². The molecule has 0 N–H and O–H groups in total. The van der Waals surface area contributed by atoms with E-state index in [9.17, 15) is 0 Å². The molecule has 0 radical (unpaired) electrons.